The number of benzene rings is 2. The van der Waals surface area contributed by atoms with E-state index in [1.54, 1.807) is 6.07 Å². The number of carboxylic acid groups (broad SMARTS) is 1. The fraction of sp³-hybridized carbons (Fsp3) is 0.286. The molecule has 1 atom stereocenters. The third kappa shape index (κ3) is 6.75. The van der Waals surface area contributed by atoms with Gasteiger partial charge in [-0.25, -0.2) is 4.99 Å². The molecule has 7 heteroatoms. The van der Waals surface area contributed by atoms with Crippen molar-refractivity contribution in [3.05, 3.63) is 65.2 Å². The first-order valence-electron chi connectivity index (χ1n) is 9.20. The Bertz CT molecular complexity index is 842. The van der Waals surface area contributed by atoms with Crippen molar-refractivity contribution in [1.82, 2.24) is 0 Å². The SMILES string of the molecule is N=C(N)c1cccc(C(CCCCc2ccc(N=C(N)N)cc2)CC(=O)O)c1. The first-order chi connectivity index (χ1) is 13.3. The smallest absolute Gasteiger partial charge is 0.303 e. The molecule has 0 radical (unpaired) electrons. The van der Waals surface area contributed by atoms with Crippen LogP contribution in [0.1, 0.15) is 48.3 Å². The number of aliphatic imine (C=N–C) groups is 1. The van der Waals surface area contributed by atoms with Gasteiger partial charge in [-0.05, 0) is 54.5 Å². The quantitative estimate of drug-likeness (QED) is 0.243. The molecule has 0 spiro atoms. The van der Waals surface area contributed by atoms with Gasteiger partial charge in [0.2, 0.25) is 0 Å². The van der Waals surface area contributed by atoms with Gasteiger partial charge < -0.3 is 22.3 Å². The number of rotatable bonds is 10. The molecule has 8 N–H and O–H groups in total. The Hall–Kier alpha value is -3.35. The molecule has 0 aromatic heterocycles. The maximum atomic E-state index is 11.3. The van der Waals surface area contributed by atoms with Gasteiger partial charge in [0, 0.05) is 5.56 Å². The highest BCUT2D eigenvalue weighted by Gasteiger charge is 2.16. The van der Waals surface area contributed by atoms with Gasteiger partial charge in [0.25, 0.3) is 0 Å². The Morgan fingerprint density at radius 3 is 2.39 bits per heavy atom. The number of aryl methyl sites for hydroxylation is 1. The number of aliphatic carboxylic acids is 1. The molecule has 0 bridgehead atoms. The van der Waals surface area contributed by atoms with Crippen LogP contribution in [0.25, 0.3) is 0 Å². The molecule has 2 aromatic carbocycles. The minimum absolute atomic E-state index is 0.0138. The van der Waals surface area contributed by atoms with Crippen LogP contribution in [-0.2, 0) is 11.2 Å². The summed E-state index contributed by atoms with van der Waals surface area (Å²) in [6, 6.07) is 15.0. The van der Waals surface area contributed by atoms with Crippen LogP contribution in [0.4, 0.5) is 5.69 Å². The van der Waals surface area contributed by atoms with E-state index in [2.05, 4.69) is 4.99 Å². The molecule has 0 aliphatic carbocycles. The van der Waals surface area contributed by atoms with Gasteiger partial charge in [-0.3, -0.25) is 10.2 Å². The molecule has 0 heterocycles. The molecule has 1 unspecified atom stereocenters. The molecule has 0 saturated carbocycles. The molecule has 28 heavy (non-hydrogen) atoms. The first kappa shape index (κ1) is 21.0. The summed E-state index contributed by atoms with van der Waals surface area (Å²) in [6.45, 7) is 0. The fourth-order valence-corrected chi connectivity index (χ4v) is 3.16. The Balaban J connectivity index is 1.93. The molecule has 0 fully saturated rings. The van der Waals surface area contributed by atoms with Gasteiger partial charge in [-0.1, -0.05) is 36.8 Å². The zero-order valence-electron chi connectivity index (χ0n) is 15.8. The van der Waals surface area contributed by atoms with Crippen LogP contribution in [0.5, 0.6) is 0 Å². The van der Waals surface area contributed by atoms with Gasteiger partial charge in [-0.2, -0.15) is 0 Å². The summed E-state index contributed by atoms with van der Waals surface area (Å²) in [6.07, 6.45) is 3.58. The lowest BCUT2D eigenvalue weighted by Crippen LogP contribution is -2.21. The molecule has 148 valence electrons. The van der Waals surface area contributed by atoms with E-state index in [0.29, 0.717) is 5.56 Å². The number of hydrogen-bond acceptors (Lipinski definition) is 3. The third-order valence-electron chi connectivity index (χ3n) is 4.55. The molecule has 0 aliphatic rings. The lowest BCUT2D eigenvalue weighted by atomic mass is 9.89. The average Bonchev–Trinajstić information content (AvgIpc) is 2.65. The minimum atomic E-state index is -0.825. The topological polar surface area (TPSA) is 152 Å². The zero-order chi connectivity index (χ0) is 20.5. The van der Waals surface area contributed by atoms with Crippen LogP contribution in [0.2, 0.25) is 0 Å². The van der Waals surface area contributed by atoms with Crippen molar-refractivity contribution in [3.63, 3.8) is 0 Å². The molecular weight excluding hydrogens is 354 g/mol. The largest absolute Gasteiger partial charge is 0.481 e. The maximum Gasteiger partial charge on any atom is 0.303 e. The number of carbonyl (C=O) groups is 1. The maximum absolute atomic E-state index is 11.3. The number of nitrogen functional groups attached to an aromatic ring is 1. The third-order valence-corrected chi connectivity index (χ3v) is 4.55. The first-order valence-corrected chi connectivity index (χ1v) is 9.20. The number of guanidine groups is 1. The molecule has 0 amide bonds. The predicted molar refractivity (Wildman–Crippen MR) is 112 cm³/mol. The summed E-state index contributed by atoms with van der Waals surface area (Å²) in [5.41, 5.74) is 19.7. The normalized spacial score (nSPS) is 11.6. The van der Waals surface area contributed by atoms with Gasteiger partial charge in [0.1, 0.15) is 5.84 Å². The zero-order valence-corrected chi connectivity index (χ0v) is 15.8. The van der Waals surface area contributed by atoms with Crippen LogP contribution in [0.15, 0.2) is 53.5 Å². The van der Waals surface area contributed by atoms with Crippen LogP contribution >= 0.6 is 0 Å². The van der Waals surface area contributed by atoms with Crippen LogP contribution in [-0.4, -0.2) is 22.9 Å². The summed E-state index contributed by atoms with van der Waals surface area (Å²) < 4.78 is 0. The monoisotopic (exact) mass is 381 g/mol. The second-order valence-electron chi connectivity index (χ2n) is 6.78. The number of unbranched alkanes of at least 4 members (excludes halogenated alkanes) is 1. The second kappa shape index (κ2) is 10.1. The number of amidine groups is 1. The minimum Gasteiger partial charge on any atom is -0.481 e. The van der Waals surface area contributed by atoms with Crippen LogP contribution < -0.4 is 17.2 Å². The lowest BCUT2D eigenvalue weighted by Gasteiger charge is -2.16. The summed E-state index contributed by atoms with van der Waals surface area (Å²) in [5.74, 6) is -0.902. The highest BCUT2D eigenvalue weighted by molar-refractivity contribution is 5.95. The van der Waals surface area contributed by atoms with Crippen LogP contribution in [0, 0.1) is 5.41 Å². The molecule has 0 saturated heterocycles. The highest BCUT2D eigenvalue weighted by Crippen LogP contribution is 2.27. The average molecular weight is 381 g/mol. The van der Waals surface area contributed by atoms with Gasteiger partial charge in [-0.15, -0.1) is 0 Å². The van der Waals surface area contributed by atoms with Crippen LogP contribution in [0.3, 0.4) is 0 Å². The Labute approximate surface area is 164 Å². The van der Waals surface area contributed by atoms with E-state index < -0.39 is 5.97 Å². The van der Waals surface area contributed by atoms with Crippen molar-refractivity contribution >= 4 is 23.5 Å². The van der Waals surface area contributed by atoms with Crippen molar-refractivity contribution in [2.45, 2.75) is 38.0 Å². The summed E-state index contributed by atoms with van der Waals surface area (Å²) in [7, 11) is 0. The van der Waals surface area contributed by atoms with E-state index in [-0.39, 0.29) is 24.1 Å². The van der Waals surface area contributed by atoms with Crippen molar-refractivity contribution in [2.24, 2.45) is 22.2 Å². The Morgan fingerprint density at radius 1 is 1.07 bits per heavy atom. The predicted octanol–water partition coefficient (Wildman–Crippen LogP) is 2.85. The van der Waals surface area contributed by atoms with Crippen molar-refractivity contribution in [1.29, 1.82) is 5.41 Å². The number of nitrogens with one attached hydrogen (secondary N) is 1. The Morgan fingerprint density at radius 2 is 1.79 bits per heavy atom. The van der Waals surface area contributed by atoms with Crippen molar-refractivity contribution in [3.8, 4) is 0 Å². The lowest BCUT2D eigenvalue weighted by molar-refractivity contribution is -0.137. The van der Waals surface area contributed by atoms with E-state index in [4.69, 9.17) is 22.6 Å². The molecule has 7 nitrogen and oxygen atoms in total. The number of nitrogens with zero attached hydrogens (tertiary/aromatic N) is 1. The number of carboxylic acids is 1. The van der Waals surface area contributed by atoms with E-state index >= 15 is 0 Å². The number of hydrogen-bond donors (Lipinski definition) is 5. The summed E-state index contributed by atoms with van der Waals surface area (Å²) in [5, 5.41) is 16.8. The van der Waals surface area contributed by atoms with E-state index in [9.17, 15) is 9.90 Å². The second-order valence-corrected chi connectivity index (χ2v) is 6.78. The summed E-state index contributed by atoms with van der Waals surface area (Å²) >= 11 is 0. The highest BCUT2D eigenvalue weighted by atomic mass is 16.4. The Kier molecular flexibility index (Phi) is 7.56. The molecule has 0 aliphatic heterocycles. The fourth-order valence-electron chi connectivity index (χ4n) is 3.16. The van der Waals surface area contributed by atoms with E-state index in [0.717, 1.165) is 36.9 Å². The van der Waals surface area contributed by atoms with E-state index in [1.807, 2.05) is 42.5 Å². The van der Waals surface area contributed by atoms with Gasteiger partial charge in [0.05, 0.1) is 12.1 Å². The van der Waals surface area contributed by atoms with Gasteiger partial charge >= 0.3 is 5.97 Å². The molecule has 2 rings (SSSR count). The summed E-state index contributed by atoms with van der Waals surface area (Å²) in [4.78, 5) is 15.3. The van der Waals surface area contributed by atoms with Crippen molar-refractivity contribution < 1.29 is 9.90 Å². The molecular formula is C21H27N5O2. The van der Waals surface area contributed by atoms with Crippen molar-refractivity contribution in [2.75, 3.05) is 0 Å². The molecule has 2 aromatic rings. The van der Waals surface area contributed by atoms with E-state index in [1.165, 1.54) is 5.56 Å². The number of nitrogens with two attached hydrogens (primary N) is 3. The van der Waals surface area contributed by atoms with Gasteiger partial charge in [0.15, 0.2) is 5.96 Å². The standard InChI is InChI=1S/C21H27N5O2/c22-20(23)17-7-3-6-15(12-17)16(13-19(27)28)5-2-1-4-14-8-10-18(11-9-14)26-21(24)25/h3,6-12,16H,1-2,4-5,13H2,(H3,22,23)(H,27,28)(H4,24,25,26).